The molecule has 1 aliphatic heterocycles. The van der Waals surface area contributed by atoms with Gasteiger partial charge in [-0.25, -0.2) is 4.98 Å². The number of aromatic nitrogens is 1. The first kappa shape index (κ1) is 23.6. The molecule has 176 valence electrons. The van der Waals surface area contributed by atoms with Crippen LogP contribution in [0, 0.1) is 0 Å². The number of thiazole rings is 1. The third-order valence-corrected chi connectivity index (χ3v) is 6.84. The number of methoxy groups -OCH3 is 3. The van der Waals surface area contributed by atoms with Crippen LogP contribution in [0.3, 0.4) is 0 Å². The van der Waals surface area contributed by atoms with E-state index in [1.165, 1.54) is 18.4 Å². The summed E-state index contributed by atoms with van der Waals surface area (Å²) in [6, 6.07) is 8.66. The molecule has 1 saturated heterocycles. The number of anilines is 1. The lowest BCUT2D eigenvalue weighted by Crippen LogP contribution is -2.43. The molecule has 0 saturated carbocycles. The highest BCUT2D eigenvalue weighted by Crippen LogP contribution is 2.40. The van der Waals surface area contributed by atoms with Crippen LogP contribution in [0.25, 0.3) is 10.2 Å². The van der Waals surface area contributed by atoms with Crippen LogP contribution in [0.2, 0.25) is 5.02 Å². The van der Waals surface area contributed by atoms with Crippen LogP contribution in [-0.4, -0.2) is 76.5 Å². The maximum Gasteiger partial charge on any atom is 0.263 e. The SMILES string of the molecule is COc1ccc(Cl)cc1C(=O)N(CCN1CCOCC1)c1nc2c(OC)ccc(OC)c2s1. The summed E-state index contributed by atoms with van der Waals surface area (Å²) in [4.78, 5) is 22.5. The van der Waals surface area contributed by atoms with Crippen molar-refractivity contribution in [3.8, 4) is 17.2 Å². The van der Waals surface area contributed by atoms with Crippen LogP contribution < -0.4 is 19.1 Å². The number of carbonyl (C=O) groups is 1. The number of hydrogen-bond donors (Lipinski definition) is 0. The number of amides is 1. The zero-order valence-electron chi connectivity index (χ0n) is 18.8. The first-order valence-corrected chi connectivity index (χ1v) is 11.7. The molecular formula is C23H26ClN3O5S. The Hall–Kier alpha value is -2.59. The van der Waals surface area contributed by atoms with Crippen molar-refractivity contribution in [1.29, 1.82) is 0 Å². The highest BCUT2D eigenvalue weighted by Gasteiger charge is 2.27. The Morgan fingerprint density at radius 3 is 2.45 bits per heavy atom. The summed E-state index contributed by atoms with van der Waals surface area (Å²) in [5.74, 6) is 1.52. The average molecular weight is 492 g/mol. The highest BCUT2D eigenvalue weighted by molar-refractivity contribution is 7.22. The molecule has 0 atom stereocenters. The van der Waals surface area contributed by atoms with Crippen molar-refractivity contribution >= 4 is 44.2 Å². The van der Waals surface area contributed by atoms with Gasteiger partial charge in [0.1, 0.15) is 27.5 Å². The van der Waals surface area contributed by atoms with Gasteiger partial charge in [-0.3, -0.25) is 14.6 Å². The predicted molar refractivity (Wildman–Crippen MR) is 130 cm³/mol. The molecule has 33 heavy (non-hydrogen) atoms. The average Bonchev–Trinajstić information content (AvgIpc) is 3.29. The molecule has 0 radical (unpaired) electrons. The van der Waals surface area contributed by atoms with Gasteiger partial charge in [0.25, 0.3) is 5.91 Å². The van der Waals surface area contributed by atoms with Gasteiger partial charge >= 0.3 is 0 Å². The number of nitrogens with zero attached hydrogens (tertiary/aromatic N) is 3. The second-order valence-electron chi connectivity index (χ2n) is 7.40. The fourth-order valence-electron chi connectivity index (χ4n) is 3.73. The van der Waals surface area contributed by atoms with Crippen LogP contribution in [0.5, 0.6) is 17.2 Å². The summed E-state index contributed by atoms with van der Waals surface area (Å²) in [5.41, 5.74) is 1.03. The number of benzene rings is 2. The molecule has 10 heteroatoms. The van der Waals surface area contributed by atoms with E-state index in [1.54, 1.807) is 37.3 Å². The van der Waals surface area contributed by atoms with Crippen molar-refractivity contribution in [3.63, 3.8) is 0 Å². The predicted octanol–water partition coefficient (Wildman–Crippen LogP) is 3.95. The Morgan fingerprint density at radius 1 is 1.09 bits per heavy atom. The minimum atomic E-state index is -0.236. The van der Waals surface area contributed by atoms with Gasteiger partial charge in [0.2, 0.25) is 0 Å². The summed E-state index contributed by atoms with van der Waals surface area (Å²) in [7, 11) is 4.74. The Morgan fingerprint density at radius 2 is 1.76 bits per heavy atom. The lowest BCUT2D eigenvalue weighted by Gasteiger charge is -2.29. The fraction of sp³-hybridized carbons (Fsp3) is 0.391. The molecule has 0 bridgehead atoms. The van der Waals surface area contributed by atoms with Gasteiger partial charge in [-0.1, -0.05) is 22.9 Å². The fourth-order valence-corrected chi connectivity index (χ4v) is 5.00. The Kier molecular flexibility index (Phi) is 7.54. The largest absolute Gasteiger partial charge is 0.496 e. The summed E-state index contributed by atoms with van der Waals surface area (Å²) in [6.07, 6.45) is 0. The van der Waals surface area contributed by atoms with Crippen LogP contribution in [0.4, 0.5) is 5.13 Å². The van der Waals surface area contributed by atoms with E-state index >= 15 is 0 Å². The van der Waals surface area contributed by atoms with Crippen LogP contribution in [0.15, 0.2) is 30.3 Å². The number of morpholine rings is 1. The standard InChI is InChI=1S/C23H26ClN3O5S/c1-29-17-5-4-15(24)14-16(17)22(28)27(9-8-26-10-12-32-13-11-26)23-25-20-18(30-2)6-7-19(31-3)21(20)33-23/h4-7,14H,8-13H2,1-3H3. The minimum Gasteiger partial charge on any atom is -0.496 e. The van der Waals surface area contributed by atoms with E-state index < -0.39 is 0 Å². The van der Waals surface area contributed by atoms with Gasteiger partial charge < -0.3 is 18.9 Å². The highest BCUT2D eigenvalue weighted by atomic mass is 35.5. The second-order valence-corrected chi connectivity index (χ2v) is 8.81. The van der Waals surface area contributed by atoms with Gasteiger partial charge in [0.15, 0.2) is 5.13 Å². The molecule has 0 spiro atoms. The Bertz CT molecular complexity index is 1090. The normalized spacial score (nSPS) is 14.3. The maximum atomic E-state index is 13.8. The van der Waals surface area contributed by atoms with Crippen LogP contribution >= 0.6 is 22.9 Å². The zero-order valence-corrected chi connectivity index (χ0v) is 20.4. The van der Waals surface area contributed by atoms with Crippen molar-refractivity contribution in [2.75, 3.05) is 65.6 Å². The quantitative estimate of drug-likeness (QED) is 0.472. The van der Waals surface area contributed by atoms with Gasteiger partial charge in [-0.15, -0.1) is 0 Å². The molecule has 3 aromatic rings. The van der Waals surface area contributed by atoms with E-state index in [1.807, 2.05) is 12.1 Å². The molecule has 4 rings (SSSR count). The van der Waals surface area contributed by atoms with Crippen molar-refractivity contribution in [3.05, 3.63) is 40.9 Å². The second kappa shape index (κ2) is 10.6. The molecule has 1 aliphatic rings. The van der Waals surface area contributed by atoms with Crippen LogP contribution in [-0.2, 0) is 4.74 Å². The molecule has 0 unspecified atom stereocenters. The Labute approximate surface area is 201 Å². The summed E-state index contributed by atoms with van der Waals surface area (Å²) >= 11 is 7.60. The molecule has 0 N–H and O–H groups in total. The molecular weight excluding hydrogens is 466 g/mol. The molecule has 8 nitrogen and oxygen atoms in total. The number of carbonyl (C=O) groups excluding carboxylic acids is 1. The van der Waals surface area contributed by atoms with E-state index in [0.717, 1.165) is 17.8 Å². The number of ether oxygens (including phenoxy) is 4. The number of rotatable bonds is 8. The van der Waals surface area contributed by atoms with Crippen molar-refractivity contribution in [2.45, 2.75) is 0 Å². The molecule has 1 amide bonds. The molecule has 2 aromatic carbocycles. The van der Waals surface area contributed by atoms with Gasteiger partial charge in [0, 0.05) is 31.2 Å². The molecule has 0 aliphatic carbocycles. The van der Waals surface area contributed by atoms with Crippen molar-refractivity contribution in [2.24, 2.45) is 0 Å². The lowest BCUT2D eigenvalue weighted by molar-refractivity contribution is 0.0391. The van der Waals surface area contributed by atoms with Gasteiger partial charge in [-0.2, -0.15) is 0 Å². The van der Waals surface area contributed by atoms with Crippen LogP contribution in [0.1, 0.15) is 10.4 Å². The smallest absolute Gasteiger partial charge is 0.263 e. The van der Waals surface area contributed by atoms with E-state index in [-0.39, 0.29) is 5.91 Å². The zero-order chi connectivity index (χ0) is 23.4. The van der Waals surface area contributed by atoms with E-state index in [0.29, 0.717) is 64.8 Å². The molecule has 1 fully saturated rings. The minimum absolute atomic E-state index is 0.236. The van der Waals surface area contributed by atoms with Crippen molar-refractivity contribution in [1.82, 2.24) is 9.88 Å². The van der Waals surface area contributed by atoms with E-state index in [4.69, 9.17) is 35.5 Å². The molecule has 1 aromatic heterocycles. The van der Waals surface area contributed by atoms with Gasteiger partial charge in [-0.05, 0) is 30.3 Å². The first-order chi connectivity index (χ1) is 16.0. The van der Waals surface area contributed by atoms with Gasteiger partial charge in [0.05, 0.1) is 40.1 Å². The first-order valence-electron chi connectivity index (χ1n) is 10.5. The number of halogens is 1. The summed E-state index contributed by atoms with van der Waals surface area (Å²) in [5, 5.41) is 1.01. The Balaban J connectivity index is 1.75. The van der Waals surface area contributed by atoms with E-state index in [2.05, 4.69) is 4.90 Å². The van der Waals surface area contributed by atoms with E-state index in [9.17, 15) is 4.79 Å². The maximum absolute atomic E-state index is 13.8. The topological polar surface area (TPSA) is 73.4 Å². The lowest BCUT2D eigenvalue weighted by atomic mass is 10.1. The third kappa shape index (κ3) is 5.01. The number of fused-ring (bicyclic) bond motifs is 1. The summed E-state index contributed by atoms with van der Waals surface area (Å²) in [6.45, 7) is 4.15. The summed E-state index contributed by atoms with van der Waals surface area (Å²) < 4.78 is 22.7. The van der Waals surface area contributed by atoms with Crippen molar-refractivity contribution < 1.29 is 23.7 Å². The number of hydrogen-bond acceptors (Lipinski definition) is 8. The monoisotopic (exact) mass is 491 g/mol. The molecule has 2 heterocycles. The third-order valence-electron chi connectivity index (χ3n) is 5.51.